The Morgan fingerprint density at radius 2 is 0.962 bits per heavy atom. The fourth-order valence-electron chi connectivity index (χ4n) is 4.30. The molecule has 0 amide bonds. The van der Waals surface area contributed by atoms with Crippen LogP contribution in [-0.4, -0.2) is 7.85 Å². The van der Waals surface area contributed by atoms with Crippen LogP contribution in [0.4, 0.5) is 0 Å². The molecule has 5 rings (SSSR count). The van der Waals surface area contributed by atoms with Gasteiger partial charge in [0.25, 0.3) is 0 Å². The molecule has 0 aromatic heterocycles. The van der Waals surface area contributed by atoms with Crippen molar-refractivity contribution in [3.8, 4) is 11.1 Å². The average molecular weight is 330 g/mol. The van der Waals surface area contributed by atoms with Crippen molar-refractivity contribution in [2.24, 2.45) is 0 Å². The van der Waals surface area contributed by atoms with Crippen molar-refractivity contribution in [2.45, 2.75) is 6.92 Å². The van der Waals surface area contributed by atoms with Gasteiger partial charge in [-0.15, -0.1) is 0 Å². The topological polar surface area (TPSA) is 0 Å². The molecule has 0 radical (unpaired) electrons. The first kappa shape index (κ1) is 15.2. The van der Waals surface area contributed by atoms with E-state index in [0.29, 0.717) is 0 Å². The van der Waals surface area contributed by atoms with Gasteiger partial charge >= 0.3 is 0 Å². The number of benzene rings is 5. The molecular formula is C25H19B. The van der Waals surface area contributed by atoms with E-state index >= 15 is 0 Å². The quantitative estimate of drug-likeness (QED) is 0.286. The summed E-state index contributed by atoms with van der Waals surface area (Å²) < 4.78 is 0. The first-order chi connectivity index (χ1) is 12.8. The van der Waals surface area contributed by atoms with E-state index in [4.69, 9.17) is 0 Å². The lowest BCUT2D eigenvalue weighted by Gasteiger charge is -2.17. The van der Waals surface area contributed by atoms with E-state index < -0.39 is 0 Å². The van der Waals surface area contributed by atoms with Gasteiger partial charge in [-0.3, -0.25) is 0 Å². The van der Waals surface area contributed by atoms with Crippen LogP contribution in [0.1, 0.15) is 5.56 Å². The molecule has 1 heteroatoms. The minimum atomic E-state index is 1.32. The molecule has 0 bridgehead atoms. The van der Waals surface area contributed by atoms with Gasteiger partial charge < -0.3 is 0 Å². The third-order valence-electron chi connectivity index (χ3n) is 5.61. The third kappa shape index (κ3) is 2.10. The summed E-state index contributed by atoms with van der Waals surface area (Å²) >= 11 is 0. The van der Waals surface area contributed by atoms with Crippen molar-refractivity contribution >= 4 is 45.6 Å². The highest BCUT2D eigenvalue weighted by molar-refractivity contribution is 6.47. The van der Waals surface area contributed by atoms with Gasteiger partial charge in [-0.1, -0.05) is 90.4 Å². The molecule has 0 nitrogen and oxygen atoms in total. The van der Waals surface area contributed by atoms with Gasteiger partial charge in [-0.25, -0.2) is 0 Å². The molecule has 0 fully saturated rings. The molecular weight excluding hydrogens is 311 g/mol. The van der Waals surface area contributed by atoms with Gasteiger partial charge in [-0.05, 0) is 55.9 Å². The first-order valence-corrected chi connectivity index (χ1v) is 9.14. The molecule has 0 spiro atoms. The lowest BCUT2D eigenvalue weighted by molar-refractivity contribution is 1.53. The summed E-state index contributed by atoms with van der Waals surface area (Å²) in [6.45, 7) is 2.19. The Morgan fingerprint density at radius 3 is 1.54 bits per heavy atom. The Kier molecular flexibility index (Phi) is 3.36. The maximum atomic E-state index is 2.29. The zero-order chi connectivity index (χ0) is 17.7. The minimum absolute atomic E-state index is 1.32. The van der Waals surface area contributed by atoms with E-state index in [2.05, 4.69) is 99.7 Å². The summed E-state index contributed by atoms with van der Waals surface area (Å²) in [5.74, 6) is 0. The Morgan fingerprint density at radius 1 is 0.500 bits per heavy atom. The highest BCUT2D eigenvalue weighted by atomic mass is 14.2. The Labute approximate surface area is 154 Å². The van der Waals surface area contributed by atoms with Crippen LogP contribution in [0.25, 0.3) is 43.4 Å². The third-order valence-corrected chi connectivity index (χ3v) is 5.61. The average Bonchev–Trinajstić information content (AvgIpc) is 2.70. The van der Waals surface area contributed by atoms with Gasteiger partial charge in [0.2, 0.25) is 0 Å². The zero-order valence-electron chi connectivity index (χ0n) is 15.1. The predicted octanol–water partition coefficient (Wildman–Crippen LogP) is 5.38. The lowest BCUT2D eigenvalue weighted by atomic mass is 9.80. The van der Waals surface area contributed by atoms with Crippen molar-refractivity contribution < 1.29 is 0 Å². The van der Waals surface area contributed by atoms with Crippen molar-refractivity contribution in [3.05, 3.63) is 90.5 Å². The van der Waals surface area contributed by atoms with Crippen LogP contribution < -0.4 is 5.46 Å². The standard InChI is InChI=1S/C25H19B/c1-16-14-15-21(18-9-3-2-8-17(16)18)24-19-10-4-6-12-22(19)25(26)23-13-7-5-11-20(23)24/h2-15H,26H2,1H3. The van der Waals surface area contributed by atoms with Gasteiger partial charge in [0.1, 0.15) is 7.85 Å². The van der Waals surface area contributed by atoms with E-state index in [1.54, 1.807) is 0 Å². The Hall–Kier alpha value is -3.06. The number of rotatable bonds is 1. The molecule has 0 aliphatic carbocycles. The van der Waals surface area contributed by atoms with Crippen molar-refractivity contribution in [1.29, 1.82) is 0 Å². The van der Waals surface area contributed by atoms with E-state index in [9.17, 15) is 0 Å². The molecule has 5 aromatic rings. The molecule has 0 saturated heterocycles. The molecule has 0 unspecified atom stereocenters. The van der Waals surface area contributed by atoms with Gasteiger partial charge in [0.15, 0.2) is 0 Å². The highest BCUT2D eigenvalue weighted by Gasteiger charge is 2.14. The van der Waals surface area contributed by atoms with E-state index in [-0.39, 0.29) is 0 Å². The monoisotopic (exact) mass is 330 g/mol. The number of fused-ring (bicyclic) bond motifs is 3. The van der Waals surface area contributed by atoms with Gasteiger partial charge in [0, 0.05) is 0 Å². The maximum Gasteiger partial charge on any atom is 0.140 e. The fourth-order valence-corrected chi connectivity index (χ4v) is 4.30. The minimum Gasteiger partial charge on any atom is -0.0735 e. The first-order valence-electron chi connectivity index (χ1n) is 9.14. The smallest absolute Gasteiger partial charge is 0.0735 e. The number of aryl methyl sites for hydroxylation is 1. The largest absolute Gasteiger partial charge is 0.140 e. The van der Waals surface area contributed by atoms with Crippen LogP contribution in [0.5, 0.6) is 0 Å². The summed E-state index contributed by atoms with van der Waals surface area (Å²) in [7, 11) is 2.24. The summed E-state index contributed by atoms with van der Waals surface area (Å²) in [5, 5.41) is 8.00. The van der Waals surface area contributed by atoms with Gasteiger partial charge in [0.05, 0.1) is 0 Å². The Balaban J connectivity index is 2.06. The van der Waals surface area contributed by atoms with Crippen LogP contribution in [0, 0.1) is 6.92 Å². The second kappa shape index (κ2) is 5.74. The van der Waals surface area contributed by atoms with E-state index in [1.807, 2.05) is 0 Å². The van der Waals surface area contributed by atoms with Crippen LogP contribution >= 0.6 is 0 Å². The van der Waals surface area contributed by atoms with Crippen LogP contribution in [0.15, 0.2) is 84.9 Å². The molecule has 0 N–H and O–H groups in total. The zero-order valence-corrected chi connectivity index (χ0v) is 15.1. The molecule has 122 valence electrons. The molecule has 0 aliphatic heterocycles. The molecule has 26 heavy (non-hydrogen) atoms. The summed E-state index contributed by atoms with van der Waals surface area (Å²) in [6.07, 6.45) is 0. The summed E-state index contributed by atoms with van der Waals surface area (Å²) in [4.78, 5) is 0. The predicted molar refractivity (Wildman–Crippen MR) is 117 cm³/mol. The van der Waals surface area contributed by atoms with Crippen molar-refractivity contribution in [1.82, 2.24) is 0 Å². The molecule has 5 aromatic carbocycles. The number of hydrogen-bond acceptors (Lipinski definition) is 0. The van der Waals surface area contributed by atoms with Crippen molar-refractivity contribution in [3.63, 3.8) is 0 Å². The molecule has 0 aliphatic rings. The fraction of sp³-hybridized carbons (Fsp3) is 0.0400. The molecule has 0 saturated carbocycles. The van der Waals surface area contributed by atoms with Crippen LogP contribution in [0.2, 0.25) is 0 Å². The normalized spacial score (nSPS) is 11.4. The maximum absolute atomic E-state index is 2.29. The molecule has 0 heterocycles. The van der Waals surface area contributed by atoms with Gasteiger partial charge in [-0.2, -0.15) is 0 Å². The Bertz CT molecular complexity index is 1240. The highest BCUT2D eigenvalue weighted by Crippen LogP contribution is 2.39. The van der Waals surface area contributed by atoms with E-state index in [1.165, 1.54) is 54.5 Å². The van der Waals surface area contributed by atoms with Crippen LogP contribution in [-0.2, 0) is 0 Å². The van der Waals surface area contributed by atoms with E-state index in [0.717, 1.165) is 0 Å². The summed E-state index contributed by atoms with van der Waals surface area (Å²) in [5.41, 5.74) is 5.35. The van der Waals surface area contributed by atoms with Crippen LogP contribution in [0.3, 0.4) is 0 Å². The molecule has 0 atom stereocenters. The lowest BCUT2D eigenvalue weighted by Crippen LogP contribution is -2.07. The number of hydrogen-bond donors (Lipinski definition) is 0. The second-order valence-electron chi connectivity index (χ2n) is 7.07. The SMILES string of the molecule is Bc1c2ccccc2c(-c2ccc(C)c3ccccc23)c2ccccc12. The summed E-state index contributed by atoms with van der Waals surface area (Å²) in [6, 6.07) is 30.9. The van der Waals surface area contributed by atoms with Crippen molar-refractivity contribution in [2.75, 3.05) is 0 Å². The second-order valence-corrected chi connectivity index (χ2v) is 7.07.